The van der Waals surface area contributed by atoms with Gasteiger partial charge in [-0.1, -0.05) is 30.9 Å². The summed E-state index contributed by atoms with van der Waals surface area (Å²) < 4.78 is 6.19. The lowest BCUT2D eigenvalue weighted by Gasteiger charge is -2.42. The van der Waals surface area contributed by atoms with Crippen LogP contribution in [-0.4, -0.2) is 29.1 Å². The summed E-state index contributed by atoms with van der Waals surface area (Å²) in [5, 5.41) is 7.20. The van der Waals surface area contributed by atoms with Crippen molar-refractivity contribution >= 4 is 46.3 Å². The third-order valence-corrected chi connectivity index (χ3v) is 7.05. The molecule has 2 aromatic heterocycles. The summed E-state index contributed by atoms with van der Waals surface area (Å²) in [6.07, 6.45) is 10.8. The highest BCUT2D eigenvalue weighted by Crippen LogP contribution is 2.49. The van der Waals surface area contributed by atoms with Gasteiger partial charge in [0, 0.05) is 41.5 Å². The fraction of sp³-hybridized carbons (Fsp3) is 0.348. The lowest BCUT2D eigenvalue weighted by Crippen LogP contribution is -2.52. The number of ketones is 1. The predicted molar refractivity (Wildman–Crippen MR) is 118 cm³/mol. The van der Waals surface area contributed by atoms with E-state index in [4.69, 9.17) is 16.0 Å². The van der Waals surface area contributed by atoms with E-state index in [1.165, 1.54) is 0 Å². The van der Waals surface area contributed by atoms with Crippen molar-refractivity contribution in [3.05, 3.63) is 52.0 Å². The van der Waals surface area contributed by atoms with Crippen LogP contribution < -0.4 is 10.6 Å². The second-order valence-corrected chi connectivity index (χ2v) is 9.06. The minimum atomic E-state index is -0.528. The van der Waals surface area contributed by atoms with Crippen molar-refractivity contribution in [2.45, 2.75) is 50.1 Å². The maximum absolute atomic E-state index is 13.2. The Labute approximate surface area is 183 Å². The van der Waals surface area contributed by atoms with E-state index in [1.807, 2.05) is 12.4 Å². The molecule has 7 nitrogen and oxygen atoms in total. The van der Waals surface area contributed by atoms with Gasteiger partial charge in [0.05, 0.1) is 16.2 Å². The van der Waals surface area contributed by atoms with Gasteiger partial charge in [-0.15, -0.1) is 0 Å². The van der Waals surface area contributed by atoms with Crippen LogP contribution >= 0.6 is 11.6 Å². The van der Waals surface area contributed by atoms with Crippen LogP contribution in [0.15, 0.2) is 33.9 Å². The molecule has 1 fully saturated rings. The molecule has 4 heterocycles. The molecule has 1 spiro atoms. The van der Waals surface area contributed by atoms with Crippen LogP contribution in [-0.2, 0) is 12.0 Å². The van der Waals surface area contributed by atoms with Crippen molar-refractivity contribution in [1.29, 1.82) is 0 Å². The zero-order valence-electron chi connectivity index (χ0n) is 16.8. The van der Waals surface area contributed by atoms with E-state index >= 15 is 0 Å². The van der Waals surface area contributed by atoms with Gasteiger partial charge in [-0.05, 0) is 30.5 Å². The van der Waals surface area contributed by atoms with Crippen molar-refractivity contribution in [2.24, 2.45) is 4.99 Å². The number of hydrogen-bond acceptors (Lipinski definition) is 4. The molecular weight excluding hydrogens is 416 g/mol. The summed E-state index contributed by atoms with van der Waals surface area (Å²) in [5.74, 6) is 0.109. The Kier molecular flexibility index (Phi) is 4.05. The lowest BCUT2D eigenvalue weighted by atomic mass is 9.74. The molecule has 0 bridgehead atoms. The molecule has 31 heavy (non-hydrogen) atoms. The molecule has 6 rings (SSSR count). The highest BCUT2D eigenvalue weighted by atomic mass is 35.5. The van der Waals surface area contributed by atoms with Crippen LogP contribution in [0.25, 0.3) is 11.0 Å². The van der Waals surface area contributed by atoms with E-state index in [0.717, 1.165) is 54.2 Å². The van der Waals surface area contributed by atoms with Gasteiger partial charge < -0.3 is 20.0 Å². The summed E-state index contributed by atoms with van der Waals surface area (Å²) in [4.78, 5) is 33.1. The molecule has 0 radical (unpaired) electrons. The predicted octanol–water partition coefficient (Wildman–Crippen LogP) is 4.94. The zero-order chi connectivity index (χ0) is 21.2. The number of hydrogen-bond donors (Lipinski definition) is 3. The van der Waals surface area contributed by atoms with E-state index < -0.39 is 11.6 Å². The van der Waals surface area contributed by atoms with Gasteiger partial charge >= 0.3 is 6.03 Å². The molecule has 2 amide bonds. The molecule has 1 aliphatic carbocycles. The maximum atomic E-state index is 13.2. The molecule has 1 atom stereocenters. The number of amides is 2. The number of halogens is 1. The number of nitrogens with one attached hydrogen (secondary N) is 3. The fourth-order valence-corrected chi connectivity index (χ4v) is 5.52. The smallest absolute Gasteiger partial charge is 0.319 e. The standard InChI is InChI=1S/C23H21ClN4O3/c24-15-6-12-8-17(20(29)16-7-13-9-25-10-14(13)11-26-16)31-21(12)18-19(15)27-22(30)28-23(18)4-2-1-3-5-23/h6,8-11,16,25H,1-5,7H2,(H2,27,28,30). The summed E-state index contributed by atoms with van der Waals surface area (Å²) in [7, 11) is 0. The number of aromatic nitrogens is 1. The Morgan fingerprint density at radius 1 is 1.19 bits per heavy atom. The molecule has 3 aliphatic rings. The maximum Gasteiger partial charge on any atom is 0.319 e. The van der Waals surface area contributed by atoms with Gasteiger partial charge in [0.2, 0.25) is 5.78 Å². The van der Waals surface area contributed by atoms with Crippen LogP contribution in [0.2, 0.25) is 5.02 Å². The molecule has 8 heteroatoms. The number of aromatic amines is 1. The van der Waals surface area contributed by atoms with Crippen LogP contribution in [0.1, 0.15) is 59.3 Å². The number of anilines is 1. The summed E-state index contributed by atoms with van der Waals surface area (Å²) in [6.45, 7) is 0. The molecule has 3 aromatic rings. The number of carbonyl (C=O) groups is 2. The van der Waals surface area contributed by atoms with Crippen LogP contribution in [0.3, 0.4) is 0 Å². The number of rotatable bonds is 2. The lowest BCUT2D eigenvalue weighted by molar-refractivity contribution is 0.0936. The molecule has 1 unspecified atom stereocenters. The molecule has 2 aliphatic heterocycles. The summed E-state index contributed by atoms with van der Waals surface area (Å²) in [5.41, 5.74) is 3.60. The first-order chi connectivity index (χ1) is 15.0. The quantitative estimate of drug-likeness (QED) is 0.496. The van der Waals surface area contributed by atoms with Crippen molar-refractivity contribution < 1.29 is 14.0 Å². The zero-order valence-corrected chi connectivity index (χ0v) is 17.5. The first kappa shape index (κ1) is 18.7. The average Bonchev–Trinajstić information content (AvgIpc) is 3.40. The Morgan fingerprint density at radius 3 is 2.87 bits per heavy atom. The SMILES string of the molecule is O=C1Nc2c(Cl)cc3cc(C(=O)C4Cc5c[nH]cc5C=N4)oc3c2C2(CCCCC2)N1. The van der Waals surface area contributed by atoms with Crippen molar-refractivity contribution in [1.82, 2.24) is 10.3 Å². The minimum Gasteiger partial charge on any atom is -0.452 e. The second-order valence-electron chi connectivity index (χ2n) is 8.66. The van der Waals surface area contributed by atoms with Crippen LogP contribution in [0.4, 0.5) is 10.5 Å². The van der Waals surface area contributed by atoms with E-state index in [1.54, 1.807) is 18.3 Å². The molecule has 3 N–H and O–H groups in total. The number of nitrogens with zero attached hydrogens (tertiary/aromatic N) is 1. The van der Waals surface area contributed by atoms with Gasteiger partial charge in [0.15, 0.2) is 5.76 Å². The Morgan fingerprint density at radius 2 is 2.03 bits per heavy atom. The number of furan rings is 1. The minimum absolute atomic E-state index is 0.158. The van der Waals surface area contributed by atoms with Gasteiger partial charge in [-0.3, -0.25) is 9.79 Å². The third kappa shape index (κ3) is 2.83. The number of H-pyrrole nitrogens is 1. The molecule has 1 aromatic carbocycles. The summed E-state index contributed by atoms with van der Waals surface area (Å²) in [6, 6.07) is 2.74. The number of benzene rings is 1. The number of aliphatic imine (C=N–C) groups is 1. The van der Waals surface area contributed by atoms with E-state index in [0.29, 0.717) is 22.7 Å². The van der Waals surface area contributed by atoms with Crippen molar-refractivity contribution in [3.63, 3.8) is 0 Å². The largest absolute Gasteiger partial charge is 0.452 e. The number of carbonyl (C=O) groups excluding carboxylic acids is 2. The Hall–Kier alpha value is -3.06. The van der Waals surface area contributed by atoms with Gasteiger partial charge in [0.1, 0.15) is 11.6 Å². The molecule has 1 saturated carbocycles. The number of Topliss-reactive ketones (excluding diaryl/α,β-unsaturated/α-hetero) is 1. The van der Waals surface area contributed by atoms with Crippen molar-refractivity contribution in [3.8, 4) is 0 Å². The summed E-state index contributed by atoms with van der Waals surface area (Å²) >= 11 is 6.57. The number of fused-ring (bicyclic) bond motifs is 5. The first-order valence-electron chi connectivity index (χ1n) is 10.6. The Bertz CT molecular complexity index is 1270. The fourth-order valence-electron chi connectivity index (χ4n) is 5.27. The second kappa shape index (κ2) is 6.72. The normalized spacial score (nSPS) is 21.5. The first-order valence-corrected chi connectivity index (χ1v) is 11.0. The highest BCUT2D eigenvalue weighted by molar-refractivity contribution is 6.35. The van der Waals surface area contributed by atoms with Gasteiger partial charge in [0.25, 0.3) is 0 Å². The van der Waals surface area contributed by atoms with Gasteiger partial charge in [-0.25, -0.2) is 4.79 Å². The Balaban J connectivity index is 1.46. The van der Waals surface area contributed by atoms with E-state index in [2.05, 4.69) is 20.6 Å². The van der Waals surface area contributed by atoms with Gasteiger partial charge in [-0.2, -0.15) is 0 Å². The van der Waals surface area contributed by atoms with E-state index in [9.17, 15) is 9.59 Å². The number of urea groups is 1. The molecule has 158 valence electrons. The average molecular weight is 437 g/mol. The van der Waals surface area contributed by atoms with Crippen LogP contribution in [0.5, 0.6) is 0 Å². The third-order valence-electron chi connectivity index (χ3n) is 6.76. The molecule has 0 saturated heterocycles. The van der Waals surface area contributed by atoms with Crippen molar-refractivity contribution in [2.75, 3.05) is 5.32 Å². The molecular formula is C23H21ClN4O3. The monoisotopic (exact) mass is 436 g/mol. The van der Waals surface area contributed by atoms with E-state index in [-0.39, 0.29) is 17.6 Å². The van der Waals surface area contributed by atoms with Crippen LogP contribution in [0, 0.1) is 0 Å². The highest BCUT2D eigenvalue weighted by Gasteiger charge is 2.44. The topological polar surface area (TPSA) is 99.5 Å².